The summed E-state index contributed by atoms with van der Waals surface area (Å²) >= 11 is 0. The molecule has 0 spiro atoms. The molecule has 2 bridgehead atoms. The lowest BCUT2D eigenvalue weighted by atomic mass is 9.79. The summed E-state index contributed by atoms with van der Waals surface area (Å²) in [4.78, 5) is 14.0. The number of hydrogen-bond acceptors (Lipinski definition) is 7. The molecule has 3 heterocycles. The summed E-state index contributed by atoms with van der Waals surface area (Å²) in [5.41, 5.74) is 1.29. The van der Waals surface area contributed by atoms with Crippen molar-refractivity contribution in [1.29, 1.82) is 0 Å². The number of aromatic hydroxyl groups is 1. The number of nitrogens with zero attached hydrogens (tertiary/aromatic N) is 4. The van der Waals surface area contributed by atoms with E-state index in [9.17, 15) is 5.11 Å². The molecule has 39 heavy (non-hydrogen) atoms. The van der Waals surface area contributed by atoms with Gasteiger partial charge >= 0.3 is 6.01 Å². The fraction of sp³-hybridized carbons (Fsp3) is 0.419. The number of nitrogens with one attached hydrogen (secondary N) is 1. The SMILES string of the molecule is CN(C)[C@@H]1CC[C@@H]1COc1nc(N2CC3CCC(C2)N3)c2ccc(-c3cc(O)cc4ccccc34)c(F)c2n1. The Bertz CT molecular complexity index is 1550. The van der Waals surface area contributed by atoms with Crippen LogP contribution in [0.3, 0.4) is 0 Å². The van der Waals surface area contributed by atoms with Crippen molar-refractivity contribution >= 4 is 27.5 Å². The normalized spacial score (nSPS) is 24.5. The van der Waals surface area contributed by atoms with Gasteiger partial charge in [0, 0.05) is 48.1 Å². The number of ether oxygens (including phenoxy) is 1. The van der Waals surface area contributed by atoms with E-state index >= 15 is 4.39 Å². The van der Waals surface area contributed by atoms with E-state index in [1.165, 1.54) is 0 Å². The predicted molar refractivity (Wildman–Crippen MR) is 152 cm³/mol. The van der Waals surface area contributed by atoms with Crippen molar-refractivity contribution in [2.75, 3.05) is 38.7 Å². The molecule has 1 saturated carbocycles. The van der Waals surface area contributed by atoms with E-state index in [0.717, 1.165) is 55.4 Å². The van der Waals surface area contributed by atoms with E-state index in [0.29, 0.717) is 47.2 Å². The number of fused-ring (bicyclic) bond motifs is 4. The fourth-order valence-corrected chi connectivity index (χ4v) is 6.73. The highest BCUT2D eigenvalue weighted by Gasteiger charge is 2.35. The molecule has 1 aromatic heterocycles. The van der Waals surface area contributed by atoms with Crippen LogP contribution >= 0.6 is 0 Å². The van der Waals surface area contributed by atoms with E-state index in [1.807, 2.05) is 30.3 Å². The second kappa shape index (κ2) is 9.61. The Balaban J connectivity index is 1.33. The summed E-state index contributed by atoms with van der Waals surface area (Å²) in [6.45, 7) is 2.17. The first kappa shape index (κ1) is 24.5. The molecular formula is C31H34FN5O2. The number of phenols is 1. The van der Waals surface area contributed by atoms with Crippen LogP contribution in [-0.2, 0) is 0 Å². The third-order valence-corrected chi connectivity index (χ3v) is 8.89. The van der Waals surface area contributed by atoms with E-state index in [1.54, 1.807) is 18.2 Å². The Hall–Kier alpha value is -3.49. The molecule has 3 fully saturated rings. The summed E-state index contributed by atoms with van der Waals surface area (Å²) < 4.78 is 22.7. The maximum absolute atomic E-state index is 16.5. The minimum absolute atomic E-state index is 0.0998. The van der Waals surface area contributed by atoms with E-state index in [4.69, 9.17) is 9.72 Å². The van der Waals surface area contributed by atoms with Crippen LogP contribution in [0.2, 0.25) is 0 Å². The molecule has 8 heteroatoms. The summed E-state index contributed by atoms with van der Waals surface area (Å²) in [5, 5.41) is 16.5. The Morgan fingerprint density at radius 1 is 0.974 bits per heavy atom. The minimum Gasteiger partial charge on any atom is -0.508 e. The standard InChI is InChI=1S/C31H34FN5O2/c1-36(2)27-12-7-19(27)17-39-31-34-29-25(30(35-31)37-15-20-8-9-21(16-37)33-20)11-10-24(28(29)32)26-14-22(38)13-18-5-3-4-6-23(18)26/h3-6,10-11,13-14,19-21,27,33,38H,7-9,12,15-17H2,1-2H3/t19-,20?,21?,27-/m1/s1. The molecule has 1 aliphatic carbocycles. The first-order valence-corrected chi connectivity index (χ1v) is 14.0. The summed E-state index contributed by atoms with van der Waals surface area (Å²) in [6.07, 6.45) is 4.55. The van der Waals surface area contributed by atoms with Crippen LogP contribution in [0.5, 0.6) is 11.8 Å². The van der Waals surface area contributed by atoms with E-state index < -0.39 is 5.82 Å². The maximum Gasteiger partial charge on any atom is 0.319 e. The van der Waals surface area contributed by atoms with Crippen LogP contribution in [0.4, 0.5) is 10.2 Å². The van der Waals surface area contributed by atoms with Crippen LogP contribution in [-0.4, -0.2) is 71.9 Å². The average Bonchev–Trinajstić information content (AvgIpc) is 3.24. The molecule has 3 aromatic carbocycles. The smallest absolute Gasteiger partial charge is 0.319 e. The van der Waals surface area contributed by atoms with Crippen LogP contribution in [0.15, 0.2) is 48.5 Å². The lowest BCUT2D eigenvalue weighted by Crippen LogP contribution is -2.51. The quantitative estimate of drug-likeness (QED) is 0.367. The molecule has 4 atom stereocenters. The zero-order chi connectivity index (χ0) is 26.7. The first-order chi connectivity index (χ1) is 18.9. The van der Waals surface area contributed by atoms with Gasteiger partial charge in [-0.25, -0.2) is 4.39 Å². The number of halogens is 1. The fourth-order valence-electron chi connectivity index (χ4n) is 6.73. The molecule has 2 N–H and O–H groups in total. The predicted octanol–water partition coefficient (Wildman–Crippen LogP) is 4.95. The van der Waals surface area contributed by atoms with E-state index in [2.05, 4.69) is 34.2 Å². The Kier molecular flexibility index (Phi) is 6.05. The number of phenolic OH excluding ortho intramolecular Hbond substituents is 1. The second-order valence-electron chi connectivity index (χ2n) is 11.6. The maximum atomic E-state index is 16.5. The number of hydrogen-bond donors (Lipinski definition) is 2. The summed E-state index contributed by atoms with van der Waals surface area (Å²) in [5.74, 6) is 0.817. The molecule has 0 amide bonds. The van der Waals surface area contributed by atoms with Gasteiger partial charge in [-0.15, -0.1) is 0 Å². The van der Waals surface area contributed by atoms with Gasteiger partial charge in [0.15, 0.2) is 5.82 Å². The molecule has 2 saturated heterocycles. The van der Waals surface area contributed by atoms with Gasteiger partial charge in [0.1, 0.15) is 17.1 Å². The second-order valence-corrected chi connectivity index (χ2v) is 11.6. The van der Waals surface area contributed by atoms with E-state index in [-0.39, 0.29) is 17.3 Å². The molecule has 2 aliphatic heterocycles. The van der Waals surface area contributed by atoms with Crippen molar-refractivity contribution < 1.29 is 14.2 Å². The number of piperazine rings is 1. The molecule has 7 rings (SSSR count). The average molecular weight is 528 g/mol. The Labute approximate surface area is 227 Å². The Morgan fingerprint density at radius 3 is 2.51 bits per heavy atom. The molecule has 0 radical (unpaired) electrons. The van der Waals surface area contributed by atoms with Gasteiger partial charge in [0.25, 0.3) is 0 Å². The molecule has 4 aromatic rings. The van der Waals surface area contributed by atoms with Gasteiger partial charge in [0.05, 0.1) is 6.61 Å². The zero-order valence-electron chi connectivity index (χ0n) is 22.4. The highest BCUT2D eigenvalue weighted by molar-refractivity contribution is 6.01. The van der Waals surface area contributed by atoms with Gasteiger partial charge in [-0.2, -0.15) is 9.97 Å². The van der Waals surface area contributed by atoms with Crippen molar-refractivity contribution in [2.24, 2.45) is 5.92 Å². The number of benzene rings is 3. The molecular weight excluding hydrogens is 493 g/mol. The van der Waals surface area contributed by atoms with Gasteiger partial charge < -0.3 is 25.0 Å². The van der Waals surface area contributed by atoms with Gasteiger partial charge in [-0.1, -0.05) is 30.3 Å². The van der Waals surface area contributed by atoms with Crippen LogP contribution in [0.1, 0.15) is 25.7 Å². The van der Waals surface area contributed by atoms with Gasteiger partial charge in [-0.3, -0.25) is 0 Å². The lowest BCUT2D eigenvalue weighted by Gasteiger charge is -2.40. The van der Waals surface area contributed by atoms with Crippen molar-refractivity contribution in [3.05, 3.63) is 54.3 Å². The number of anilines is 1. The third kappa shape index (κ3) is 4.36. The summed E-state index contributed by atoms with van der Waals surface area (Å²) in [6, 6.07) is 16.3. The van der Waals surface area contributed by atoms with Crippen molar-refractivity contribution in [2.45, 2.75) is 43.8 Å². The van der Waals surface area contributed by atoms with Crippen molar-refractivity contribution in [3.63, 3.8) is 0 Å². The Morgan fingerprint density at radius 2 is 1.77 bits per heavy atom. The van der Waals surface area contributed by atoms with Gasteiger partial charge in [-0.05, 0) is 74.3 Å². The van der Waals surface area contributed by atoms with Crippen molar-refractivity contribution in [3.8, 4) is 22.9 Å². The minimum atomic E-state index is -0.426. The van der Waals surface area contributed by atoms with Crippen LogP contribution < -0.4 is 15.0 Å². The molecule has 3 aliphatic rings. The molecule has 7 nitrogen and oxygen atoms in total. The topological polar surface area (TPSA) is 73.8 Å². The largest absolute Gasteiger partial charge is 0.508 e. The number of aromatic nitrogens is 2. The van der Waals surface area contributed by atoms with Crippen LogP contribution in [0.25, 0.3) is 32.8 Å². The highest BCUT2D eigenvalue weighted by Crippen LogP contribution is 2.39. The lowest BCUT2D eigenvalue weighted by molar-refractivity contribution is 0.0613. The molecule has 202 valence electrons. The number of rotatable bonds is 6. The molecule has 2 unspecified atom stereocenters. The third-order valence-electron chi connectivity index (χ3n) is 8.89. The monoisotopic (exact) mass is 527 g/mol. The summed E-state index contributed by atoms with van der Waals surface area (Å²) in [7, 11) is 4.20. The van der Waals surface area contributed by atoms with Crippen LogP contribution in [0, 0.1) is 11.7 Å². The van der Waals surface area contributed by atoms with Gasteiger partial charge in [0.2, 0.25) is 0 Å². The van der Waals surface area contributed by atoms with Crippen molar-refractivity contribution in [1.82, 2.24) is 20.2 Å². The zero-order valence-corrected chi connectivity index (χ0v) is 22.4. The first-order valence-electron chi connectivity index (χ1n) is 14.0. The highest BCUT2D eigenvalue weighted by atomic mass is 19.1.